The van der Waals surface area contributed by atoms with Gasteiger partial charge in [-0.3, -0.25) is 9.59 Å². The van der Waals surface area contributed by atoms with E-state index in [9.17, 15) is 9.59 Å². The van der Waals surface area contributed by atoms with E-state index in [1.165, 1.54) is 0 Å². The van der Waals surface area contributed by atoms with Crippen LogP contribution in [0.15, 0.2) is 42.6 Å². The van der Waals surface area contributed by atoms with Crippen molar-refractivity contribution in [3.63, 3.8) is 0 Å². The highest BCUT2D eigenvalue weighted by Crippen LogP contribution is 2.20. The van der Waals surface area contributed by atoms with Crippen LogP contribution in [0.3, 0.4) is 0 Å². The van der Waals surface area contributed by atoms with Gasteiger partial charge in [0.15, 0.2) is 5.69 Å². The second-order valence-corrected chi connectivity index (χ2v) is 5.61. The summed E-state index contributed by atoms with van der Waals surface area (Å²) >= 11 is 0. The van der Waals surface area contributed by atoms with E-state index in [-0.39, 0.29) is 11.8 Å². The van der Waals surface area contributed by atoms with Crippen molar-refractivity contribution in [3.05, 3.63) is 48.3 Å². The molecule has 2 heterocycles. The van der Waals surface area contributed by atoms with Gasteiger partial charge in [0, 0.05) is 19.8 Å². The molecule has 0 radical (unpaired) electrons. The summed E-state index contributed by atoms with van der Waals surface area (Å²) < 4.78 is 1.67. The lowest BCUT2D eigenvalue weighted by Crippen LogP contribution is -2.51. The van der Waals surface area contributed by atoms with Gasteiger partial charge in [-0.2, -0.15) is 5.10 Å². The average molecular weight is 312 g/mol. The molecule has 1 N–H and O–H groups in total. The highest BCUT2D eigenvalue weighted by molar-refractivity contribution is 5.96. The average Bonchev–Trinajstić information content (AvgIpc) is 3.11. The minimum absolute atomic E-state index is 0.111. The smallest absolute Gasteiger partial charge is 0.275 e. The van der Waals surface area contributed by atoms with E-state index in [0.717, 1.165) is 18.5 Å². The predicted molar refractivity (Wildman–Crippen MR) is 86.3 cm³/mol. The van der Waals surface area contributed by atoms with Crippen molar-refractivity contribution in [2.45, 2.75) is 25.3 Å². The molecule has 1 atom stereocenters. The van der Waals surface area contributed by atoms with E-state index in [1.54, 1.807) is 28.9 Å². The number of rotatable bonds is 3. The Bertz CT molecular complexity index is 696. The van der Waals surface area contributed by atoms with Gasteiger partial charge in [-0.15, -0.1) is 0 Å². The zero-order valence-electron chi connectivity index (χ0n) is 13.1. The largest absolute Gasteiger partial charge is 0.357 e. The van der Waals surface area contributed by atoms with Crippen LogP contribution in [0.5, 0.6) is 0 Å². The van der Waals surface area contributed by atoms with E-state index in [0.29, 0.717) is 18.7 Å². The van der Waals surface area contributed by atoms with Crippen molar-refractivity contribution in [1.82, 2.24) is 20.0 Å². The number of nitrogens with zero attached hydrogens (tertiary/aromatic N) is 3. The maximum absolute atomic E-state index is 12.7. The number of amides is 2. The molecule has 1 aromatic heterocycles. The Kier molecular flexibility index (Phi) is 4.41. The number of para-hydroxylation sites is 1. The van der Waals surface area contributed by atoms with Gasteiger partial charge in [-0.25, -0.2) is 4.68 Å². The van der Waals surface area contributed by atoms with Crippen molar-refractivity contribution in [1.29, 1.82) is 0 Å². The summed E-state index contributed by atoms with van der Waals surface area (Å²) in [6, 6.07) is 10.9. The summed E-state index contributed by atoms with van der Waals surface area (Å²) in [5.41, 5.74) is 1.26. The Labute approximate surface area is 135 Å². The first kappa shape index (κ1) is 15.3. The molecule has 3 rings (SSSR count). The number of likely N-dealkylation sites (tertiary alicyclic amines) is 1. The van der Waals surface area contributed by atoms with Crippen LogP contribution in [0.1, 0.15) is 29.8 Å². The first-order valence-electron chi connectivity index (χ1n) is 7.84. The zero-order chi connectivity index (χ0) is 16.2. The van der Waals surface area contributed by atoms with Gasteiger partial charge >= 0.3 is 0 Å². The monoisotopic (exact) mass is 312 g/mol. The minimum Gasteiger partial charge on any atom is -0.357 e. The number of hydrogen-bond donors (Lipinski definition) is 1. The van der Waals surface area contributed by atoms with Crippen molar-refractivity contribution >= 4 is 11.8 Å². The number of hydrogen-bond acceptors (Lipinski definition) is 3. The Hall–Kier alpha value is -2.63. The van der Waals surface area contributed by atoms with Gasteiger partial charge in [-0.1, -0.05) is 18.2 Å². The van der Waals surface area contributed by atoms with Crippen LogP contribution >= 0.6 is 0 Å². The Morgan fingerprint density at radius 1 is 1.17 bits per heavy atom. The first-order chi connectivity index (χ1) is 11.2. The standard InChI is InChI=1S/C17H20N4O2/c1-18-16(22)15-9-5-6-11-20(15)17(23)14-10-12-21(19-14)13-7-3-2-4-8-13/h2-4,7-8,10,12,15H,5-6,9,11H2,1H3,(H,18,22)/t15-/m0/s1. The van der Waals surface area contributed by atoms with E-state index < -0.39 is 6.04 Å². The quantitative estimate of drug-likeness (QED) is 0.936. The molecule has 1 aromatic carbocycles. The molecule has 0 aliphatic carbocycles. The molecule has 6 heteroatoms. The van der Waals surface area contributed by atoms with Crippen LogP contribution in [-0.4, -0.2) is 46.1 Å². The van der Waals surface area contributed by atoms with Crippen LogP contribution in [0, 0.1) is 0 Å². The maximum atomic E-state index is 12.7. The second-order valence-electron chi connectivity index (χ2n) is 5.61. The summed E-state index contributed by atoms with van der Waals surface area (Å²) in [6.45, 7) is 0.592. The van der Waals surface area contributed by atoms with Crippen LogP contribution in [-0.2, 0) is 4.79 Å². The molecule has 6 nitrogen and oxygen atoms in total. The molecule has 0 saturated carbocycles. The number of piperidine rings is 1. The summed E-state index contributed by atoms with van der Waals surface area (Å²) in [4.78, 5) is 26.4. The topological polar surface area (TPSA) is 67.2 Å². The lowest BCUT2D eigenvalue weighted by Gasteiger charge is -2.33. The van der Waals surface area contributed by atoms with E-state index in [1.807, 2.05) is 30.3 Å². The Balaban J connectivity index is 1.82. The summed E-state index contributed by atoms with van der Waals surface area (Å²) in [6.07, 6.45) is 4.34. The predicted octanol–water partition coefficient (Wildman–Crippen LogP) is 1.61. The zero-order valence-corrected chi connectivity index (χ0v) is 13.1. The molecule has 1 fully saturated rings. The number of benzene rings is 1. The van der Waals surface area contributed by atoms with Gasteiger partial charge in [0.2, 0.25) is 5.91 Å². The van der Waals surface area contributed by atoms with Gasteiger partial charge < -0.3 is 10.2 Å². The molecule has 2 aromatic rings. The number of likely N-dealkylation sites (N-methyl/N-ethyl adjacent to an activating group) is 1. The fourth-order valence-corrected chi connectivity index (χ4v) is 2.92. The third-order valence-electron chi connectivity index (χ3n) is 4.14. The van der Waals surface area contributed by atoms with Gasteiger partial charge in [0.25, 0.3) is 5.91 Å². The molecule has 0 bridgehead atoms. The third-order valence-corrected chi connectivity index (χ3v) is 4.14. The fourth-order valence-electron chi connectivity index (χ4n) is 2.92. The Morgan fingerprint density at radius 2 is 1.96 bits per heavy atom. The normalized spacial score (nSPS) is 17.8. The van der Waals surface area contributed by atoms with E-state index >= 15 is 0 Å². The lowest BCUT2D eigenvalue weighted by molar-refractivity contribution is -0.126. The molecule has 120 valence electrons. The van der Waals surface area contributed by atoms with Crippen LogP contribution in [0.2, 0.25) is 0 Å². The summed E-state index contributed by atoms with van der Waals surface area (Å²) in [7, 11) is 1.60. The molecule has 1 saturated heterocycles. The molecular formula is C17H20N4O2. The van der Waals surface area contributed by atoms with E-state index in [2.05, 4.69) is 10.4 Å². The maximum Gasteiger partial charge on any atom is 0.275 e. The first-order valence-corrected chi connectivity index (χ1v) is 7.84. The van der Waals surface area contributed by atoms with Crippen molar-refractivity contribution in [3.8, 4) is 5.69 Å². The lowest BCUT2D eigenvalue weighted by atomic mass is 10.0. The number of nitrogens with one attached hydrogen (secondary N) is 1. The molecule has 2 amide bonds. The van der Waals surface area contributed by atoms with Crippen molar-refractivity contribution in [2.24, 2.45) is 0 Å². The number of carbonyl (C=O) groups excluding carboxylic acids is 2. The van der Waals surface area contributed by atoms with Crippen molar-refractivity contribution in [2.75, 3.05) is 13.6 Å². The number of carbonyl (C=O) groups is 2. The molecular weight excluding hydrogens is 292 g/mol. The van der Waals surface area contributed by atoms with Crippen molar-refractivity contribution < 1.29 is 9.59 Å². The number of aromatic nitrogens is 2. The molecule has 0 spiro atoms. The van der Waals surface area contributed by atoms with Crippen LogP contribution in [0.4, 0.5) is 0 Å². The van der Waals surface area contributed by atoms with Crippen LogP contribution in [0.25, 0.3) is 5.69 Å². The second kappa shape index (κ2) is 6.64. The van der Waals surface area contributed by atoms with Gasteiger partial charge in [-0.05, 0) is 37.5 Å². The van der Waals surface area contributed by atoms with Gasteiger partial charge in [0.05, 0.1) is 5.69 Å². The third kappa shape index (κ3) is 3.11. The fraction of sp³-hybridized carbons (Fsp3) is 0.353. The summed E-state index contributed by atoms with van der Waals surface area (Å²) in [5, 5.41) is 7.01. The van der Waals surface area contributed by atoms with Crippen LogP contribution < -0.4 is 5.32 Å². The highest BCUT2D eigenvalue weighted by atomic mass is 16.2. The Morgan fingerprint density at radius 3 is 2.70 bits per heavy atom. The molecule has 23 heavy (non-hydrogen) atoms. The molecule has 1 aliphatic rings. The SMILES string of the molecule is CNC(=O)[C@@H]1CCCCN1C(=O)c1ccn(-c2ccccc2)n1. The molecule has 1 aliphatic heterocycles. The minimum atomic E-state index is -0.400. The van der Waals surface area contributed by atoms with E-state index in [4.69, 9.17) is 0 Å². The molecule has 0 unspecified atom stereocenters. The highest BCUT2D eigenvalue weighted by Gasteiger charge is 2.32. The summed E-state index contributed by atoms with van der Waals surface area (Å²) in [5.74, 6) is -0.298. The van der Waals surface area contributed by atoms with Gasteiger partial charge in [0.1, 0.15) is 6.04 Å².